The number of hydrogen-bond acceptors (Lipinski definition) is 6. The monoisotopic (exact) mass is 431 g/mol. The SMILES string of the molecule is CN(c1nc2ccccc2s1)C1CCCN(CC(O)COc2cccc(Cl)c2)C1. The lowest BCUT2D eigenvalue weighted by Crippen LogP contribution is -2.49. The Balaban J connectivity index is 1.31. The highest BCUT2D eigenvalue weighted by Gasteiger charge is 2.26. The van der Waals surface area contributed by atoms with Gasteiger partial charge < -0.3 is 14.7 Å². The molecule has 29 heavy (non-hydrogen) atoms. The molecule has 154 valence electrons. The maximum Gasteiger partial charge on any atom is 0.186 e. The van der Waals surface area contributed by atoms with E-state index in [1.54, 1.807) is 23.5 Å². The molecule has 4 rings (SSSR count). The third kappa shape index (κ3) is 5.20. The van der Waals surface area contributed by atoms with Gasteiger partial charge in [-0.05, 0) is 49.7 Å². The normalized spacial score (nSPS) is 18.7. The largest absolute Gasteiger partial charge is 0.491 e. The van der Waals surface area contributed by atoms with Crippen LogP contribution in [-0.2, 0) is 0 Å². The maximum atomic E-state index is 10.4. The maximum absolute atomic E-state index is 10.4. The standard InChI is InChI=1S/C22H26ClN3O2S/c1-25(22-24-20-9-2-3-10-21(20)29-22)17-7-5-11-26(13-17)14-18(27)15-28-19-8-4-6-16(23)12-19/h2-4,6,8-10,12,17-18,27H,5,7,11,13-15H2,1H3. The van der Waals surface area contributed by atoms with Crippen molar-refractivity contribution in [2.24, 2.45) is 0 Å². The van der Waals surface area contributed by atoms with Crippen LogP contribution in [0.4, 0.5) is 5.13 Å². The van der Waals surface area contributed by atoms with Gasteiger partial charge in [0.15, 0.2) is 5.13 Å². The molecule has 5 nitrogen and oxygen atoms in total. The molecule has 0 aliphatic carbocycles. The van der Waals surface area contributed by atoms with Crippen LogP contribution in [0.15, 0.2) is 48.5 Å². The van der Waals surface area contributed by atoms with Crippen molar-refractivity contribution in [3.8, 4) is 5.75 Å². The highest BCUT2D eigenvalue weighted by molar-refractivity contribution is 7.22. The number of aliphatic hydroxyl groups excluding tert-OH is 1. The lowest BCUT2D eigenvalue weighted by molar-refractivity contribution is 0.0584. The first-order valence-corrected chi connectivity index (χ1v) is 11.1. The molecular formula is C22H26ClN3O2S. The summed E-state index contributed by atoms with van der Waals surface area (Å²) in [5.41, 5.74) is 1.06. The van der Waals surface area contributed by atoms with Gasteiger partial charge in [-0.3, -0.25) is 4.90 Å². The molecule has 0 amide bonds. The number of β-amino-alcohol motifs (C(OH)–C–C–N with tert-alkyl or cyclic N) is 1. The Bertz CT molecular complexity index is 917. The first-order valence-electron chi connectivity index (χ1n) is 9.95. The Morgan fingerprint density at radius 2 is 2.17 bits per heavy atom. The third-order valence-electron chi connectivity index (χ3n) is 5.32. The van der Waals surface area contributed by atoms with E-state index in [1.807, 2.05) is 18.2 Å². The molecule has 1 saturated heterocycles. The van der Waals surface area contributed by atoms with Gasteiger partial charge in [0.25, 0.3) is 0 Å². The molecule has 1 fully saturated rings. The first-order chi connectivity index (χ1) is 14.1. The predicted octanol–water partition coefficient (Wildman–Crippen LogP) is 4.29. The summed E-state index contributed by atoms with van der Waals surface area (Å²) in [7, 11) is 2.13. The minimum atomic E-state index is -0.541. The number of anilines is 1. The predicted molar refractivity (Wildman–Crippen MR) is 120 cm³/mol. The Morgan fingerprint density at radius 1 is 1.31 bits per heavy atom. The molecule has 2 atom stereocenters. The smallest absolute Gasteiger partial charge is 0.186 e. The Hall–Kier alpha value is -1.86. The number of aliphatic hydroxyl groups is 1. The number of rotatable bonds is 7. The molecule has 3 aromatic rings. The zero-order valence-corrected chi connectivity index (χ0v) is 18.1. The number of hydrogen-bond donors (Lipinski definition) is 1. The van der Waals surface area contributed by atoms with Crippen molar-refractivity contribution in [2.75, 3.05) is 38.2 Å². The summed E-state index contributed by atoms with van der Waals surface area (Å²) in [5.74, 6) is 0.684. The van der Waals surface area contributed by atoms with E-state index in [0.29, 0.717) is 23.4 Å². The molecule has 1 aliphatic heterocycles. The number of para-hydroxylation sites is 1. The van der Waals surface area contributed by atoms with Crippen molar-refractivity contribution >= 4 is 38.3 Å². The molecule has 2 unspecified atom stereocenters. The second-order valence-corrected chi connectivity index (χ2v) is 9.00. The van der Waals surface area contributed by atoms with Crippen LogP contribution in [0.2, 0.25) is 5.02 Å². The van der Waals surface area contributed by atoms with Crippen LogP contribution in [-0.4, -0.2) is 60.4 Å². The van der Waals surface area contributed by atoms with Gasteiger partial charge in [0.05, 0.1) is 10.2 Å². The van der Waals surface area contributed by atoms with Crippen LogP contribution in [0.5, 0.6) is 5.75 Å². The zero-order chi connectivity index (χ0) is 20.2. The highest BCUT2D eigenvalue weighted by atomic mass is 35.5. The lowest BCUT2D eigenvalue weighted by atomic mass is 10.0. The Morgan fingerprint density at radius 3 is 3.00 bits per heavy atom. The van der Waals surface area contributed by atoms with Crippen LogP contribution < -0.4 is 9.64 Å². The van der Waals surface area contributed by atoms with E-state index in [2.05, 4.69) is 35.0 Å². The summed E-state index contributed by atoms with van der Waals surface area (Å²) in [6.45, 7) is 2.78. The molecule has 2 aromatic carbocycles. The molecular weight excluding hydrogens is 406 g/mol. The van der Waals surface area contributed by atoms with E-state index < -0.39 is 6.10 Å². The van der Waals surface area contributed by atoms with Gasteiger partial charge in [-0.15, -0.1) is 0 Å². The molecule has 0 radical (unpaired) electrons. The van der Waals surface area contributed by atoms with Gasteiger partial charge in [-0.1, -0.05) is 41.1 Å². The first kappa shape index (κ1) is 20.4. The number of likely N-dealkylation sites (N-methyl/N-ethyl adjacent to an activating group) is 1. The van der Waals surface area contributed by atoms with E-state index in [9.17, 15) is 5.11 Å². The summed E-state index contributed by atoms with van der Waals surface area (Å²) >= 11 is 7.72. The number of thiazole rings is 1. The molecule has 0 saturated carbocycles. The molecule has 0 bridgehead atoms. The third-order valence-corrected chi connectivity index (χ3v) is 6.68. The quantitative estimate of drug-likeness (QED) is 0.604. The van der Waals surface area contributed by atoms with Gasteiger partial charge in [-0.25, -0.2) is 4.98 Å². The second kappa shape index (κ2) is 9.30. The summed E-state index contributed by atoms with van der Waals surface area (Å²) < 4.78 is 6.91. The van der Waals surface area contributed by atoms with E-state index in [0.717, 1.165) is 36.6 Å². The number of nitrogens with zero attached hydrogens (tertiary/aromatic N) is 3. The Labute approximate surface area is 180 Å². The zero-order valence-electron chi connectivity index (χ0n) is 16.5. The van der Waals surface area contributed by atoms with E-state index in [4.69, 9.17) is 21.3 Å². The van der Waals surface area contributed by atoms with Crippen molar-refractivity contribution < 1.29 is 9.84 Å². The fraction of sp³-hybridized carbons (Fsp3) is 0.409. The number of fused-ring (bicyclic) bond motifs is 1. The number of halogens is 1. The van der Waals surface area contributed by atoms with Crippen LogP contribution in [0.25, 0.3) is 10.2 Å². The highest BCUT2D eigenvalue weighted by Crippen LogP contribution is 2.30. The van der Waals surface area contributed by atoms with Crippen LogP contribution in [0.1, 0.15) is 12.8 Å². The van der Waals surface area contributed by atoms with E-state index in [1.165, 1.54) is 4.70 Å². The van der Waals surface area contributed by atoms with Crippen molar-refractivity contribution in [1.29, 1.82) is 0 Å². The van der Waals surface area contributed by atoms with Crippen molar-refractivity contribution in [3.05, 3.63) is 53.6 Å². The van der Waals surface area contributed by atoms with E-state index in [-0.39, 0.29) is 6.61 Å². The van der Waals surface area contributed by atoms with E-state index >= 15 is 0 Å². The van der Waals surface area contributed by atoms with Crippen molar-refractivity contribution in [1.82, 2.24) is 9.88 Å². The van der Waals surface area contributed by atoms with Gasteiger partial charge in [0, 0.05) is 31.2 Å². The second-order valence-electron chi connectivity index (χ2n) is 7.55. The van der Waals surface area contributed by atoms with Crippen LogP contribution in [0, 0.1) is 0 Å². The molecule has 0 spiro atoms. The fourth-order valence-corrected chi connectivity index (χ4v) is 4.96. The average Bonchev–Trinajstić information content (AvgIpc) is 3.16. The summed E-state index contributed by atoms with van der Waals surface area (Å²) in [5, 5.41) is 12.1. The van der Waals surface area contributed by atoms with Gasteiger partial charge in [-0.2, -0.15) is 0 Å². The molecule has 7 heteroatoms. The van der Waals surface area contributed by atoms with Crippen molar-refractivity contribution in [2.45, 2.75) is 25.0 Å². The fourth-order valence-electron chi connectivity index (χ4n) is 3.78. The topological polar surface area (TPSA) is 48.8 Å². The van der Waals surface area contributed by atoms with Gasteiger partial charge in [0.1, 0.15) is 18.5 Å². The minimum absolute atomic E-state index is 0.259. The van der Waals surface area contributed by atoms with Crippen molar-refractivity contribution in [3.63, 3.8) is 0 Å². The number of piperidine rings is 1. The van der Waals surface area contributed by atoms with Gasteiger partial charge in [0.2, 0.25) is 0 Å². The number of aromatic nitrogens is 1. The number of benzene rings is 2. The van der Waals surface area contributed by atoms with Gasteiger partial charge >= 0.3 is 0 Å². The summed E-state index contributed by atoms with van der Waals surface area (Å²) in [4.78, 5) is 9.41. The molecule has 2 heterocycles. The molecule has 1 N–H and O–H groups in total. The van der Waals surface area contributed by atoms with Crippen LogP contribution >= 0.6 is 22.9 Å². The Kier molecular flexibility index (Phi) is 6.55. The molecule has 1 aliphatic rings. The average molecular weight is 432 g/mol. The minimum Gasteiger partial charge on any atom is -0.491 e. The summed E-state index contributed by atoms with van der Waals surface area (Å²) in [6.07, 6.45) is 1.71. The summed E-state index contributed by atoms with van der Waals surface area (Å²) in [6, 6.07) is 15.9. The lowest BCUT2D eigenvalue weighted by Gasteiger charge is -2.38. The number of likely N-dealkylation sites (tertiary alicyclic amines) is 1. The molecule has 1 aromatic heterocycles. The van der Waals surface area contributed by atoms with Crippen LogP contribution in [0.3, 0.4) is 0 Å². The number of ether oxygens (including phenoxy) is 1.